The van der Waals surface area contributed by atoms with E-state index in [1.54, 1.807) is 13.2 Å². The lowest BCUT2D eigenvalue weighted by Crippen LogP contribution is -2.52. The zero-order chi connectivity index (χ0) is 29.4. The van der Waals surface area contributed by atoms with Gasteiger partial charge < -0.3 is 19.5 Å². The van der Waals surface area contributed by atoms with Gasteiger partial charge >= 0.3 is 0 Å². The van der Waals surface area contributed by atoms with E-state index in [0.29, 0.717) is 24.7 Å². The van der Waals surface area contributed by atoms with Gasteiger partial charge in [0.1, 0.15) is 24.2 Å². The van der Waals surface area contributed by atoms with Crippen molar-refractivity contribution in [1.29, 1.82) is 0 Å². The van der Waals surface area contributed by atoms with Crippen LogP contribution in [0.5, 0.6) is 5.75 Å². The van der Waals surface area contributed by atoms with Crippen LogP contribution in [0.2, 0.25) is 0 Å². The Morgan fingerprint density at radius 3 is 2.29 bits per heavy atom. The van der Waals surface area contributed by atoms with Crippen LogP contribution in [0.1, 0.15) is 99.6 Å². The van der Waals surface area contributed by atoms with Crippen molar-refractivity contribution in [3.05, 3.63) is 65.6 Å². The zero-order valence-electron chi connectivity index (χ0n) is 26.1. The summed E-state index contributed by atoms with van der Waals surface area (Å²) in [5.74, 6) is 1.18. The second kappa shape index (κ2) is 17.9. The van der Waals surface area contributed by atoms with Crippen LogP contribution >= 0.6 is 0 Å². The molecule has 0 saturated heterocycles. The van der Waals surface area contributed by atoms with Crippen LogP contribution < -0.4 is 10.1 Å². The Morgan fingerprint density at radius 2 is 1.74 bits per heavy atom. The van der Waals surface area contributed by atoms with Gasteiger partial charge in [0.2, 0.25) is 0 Å². The molecular formula is C33H55NO4. The van der Waals surface area contributed by atoms with Gasteiger partial charge in [-0.05, 0) is 67.0 Å². The molecule has 1 unspecified atom stereocenters. The molecule has 1 aromatic rings. The molecule has 1 aromatic carbocycles. The molecule has 1 amide bonds. The molecule has 0 fully saturated rings. The SMILES string of the molecule is C=C/C1=C(\C=C/C)OCc2cc(cc(OC)c2)CCCOC(C(C)(C)C(C)(C)CCC)C(=O)N1.CC.CC. The Balaban J connectivity index is 0.00000326. The first-order chi connectivity index (χ1) is 18.1. The van der Waals surface area contributed by atoms with Crippen LogP contribution in [0.15, 0.2) is 54.5 Å². The predicted molar refractivity (Wildman–Crippen MR) is 161 cm³/mol. The molecule has 0 spiro atoms. The topological polar surface area (TPSA) is 56.8 Å². The zero-order valence-corrected chi connectivity index (χ0v) is 26.1. The number of ether oxygens (including phenoxy) is 3. The van der Waals surface area contributed by atoms with Gasteiger partial charge in [-0.1, -0.05) is 87.5 Å². The Labute approximate surface area is 233 Å². The number of benzene rings is 1. The summed E-state index contributed by atoms with van der Waals surface area (Å²) in [6.07, 6.45) is 8.38. The van der Waals surface area contributed by atoms with Gasteiger partial charge in [0.15, 0.2) is 0 Å². The minimum absolute atomic E-state index is 0.0996. The molecule has 1 atom stereocenters. The highest BCUT2D eigenvalue weighted by atomic mass is 16.5. The highest BCUT2D eigenvalue weighted by Crippen LogP contribution is 2.46. The van der Waals surface area contributed by atoms with E-state index in [0.717, 1.165) is 42.6 Å². The Bertz CT molecular complexity index is 912. The van der Waals surface area contributed by atoms with Gasteiger partial charge in [-0.2, -0.15) is 0 Å². The molecular weight excluding hydrogens is 474 g/mol. The minimum atomic E-state index is -0.625. The Kier molecular flexibility index (Phi) is 16.7. The lowest BCUT2D eigenvalue weighted by Gasteiger charge is -2.46. The third kappa shape index (κ3) is 9.98. The van der Waals surface area contributed by atoms with Crippen molar-refractivity contribution >= 4 is 5.91 Å². The summed E-state index contributed by atoms with van der Waals surface area (Å²) in [7, 11) is 1.67. The number of aryl methyl sites for hydroxylation is 1. The molecule has 5 heteroatoms. The first-order valence-electron chi connectivity index (χ1n) is 14.3. The highest BCUT2D eigenvalue weighted by Gasteiger charge is 2.46. The van der Waals surface area contributed by atoms with Gasteiger partial charge in [-0.25, -0.2) is 0 Å². The number of hydrogen-bond acceptors (Lipinski definition) is 4. The van der Waals surface area contributed by atoms with Crippen LogP contribution in [-0.2, 0) is 27.3 Å². The number of rotatable bonds is 7. The number of hydrogen-bond donors (Lipinski definition) is 1. The second-order valence-electron chi connectivity index (χ2n) is 10.2. The molecule has 38 heavy (non-hydrogen) atoms. The van der Waals surface area contributed by atoms with Crippen molar-refractivity contribution in [2.45, 2.75) is 108 Å². The third-order valence-electron chi connectivity index (χ3n) is 7.11. The van der Waals surface area contributed by atoms with E-state index in [-0.39, 0.29) is 11.3 Å². The van der Waals surface area contributed by atoms with E-state index in [9.17, 15) is 4.79 Å². The van der Waals surface area contributed by atoms with E-state index < -0.39 is 11.5 Å². The molecule has 1 aliphatic rings. The van der Waals surface area contributed by atoms with Crippen molar-refractivity contribution in [3.8, 4) is 5.75 Å². The maximum atomic E-state index is 13.6. The maximum absolute atomic E-state index is 13.6. The Morgan fingerprint density at radius 1 is 1.11 bits per heavy atom. The summed E-state index contributed by atoms with van der Waals surface area (Å²) < 4.78 is 18.0. The van der Waals surface area contributed by atoms with E-state index in [4.69, 9.17) is 14.2 Å². The molecule has 2 rings (SSSR count). The first-order valence-corrected chi connectivity index (χ1v) is 14.3. The summed E-state index contributed by atoms with van der Waals surface area (Å²) in [6, 6.07) is 6.16. The second-order valence-corrected chi connectivity index (χ2v) is 10.2. The van der Waals surface area contributed by atoms with Crippen LogP contribution in [0.3, 0.4) is 0 Å². The normalized spacial score (nSPS) is 19.0. The summed E-state index contributed by atoms with van der Waals surface area (Å²) in [5, 5.41) is 3.05. The van der Waals surface area contributed by atoms with Gasteiger partial charge in [0, 0.05) is 12.0 Å². The highest BCUT2D eigenvalue weighted by molar-refractivity contribution is 5.84. The van der Waals surface area contributed by atoms with Gasteiger partial charge in [0.05, 0.1) is 12.8 Å². The number of carbonyl (C=O) groups excluding carboxylic acids is 1. The number of nitrogens with one attached hydrogen (secondary N) is 1. The van der Waals surface area contributed by atoms with Gasteiger partial charge in [-0.3, -0.25) is 4.79 Å². The first kappa shape index (κ1) is 35.5. The van der Waals surface area contributed by atoms with Crippen LogP contribution in [-0.4, -0.2) is 25.7 Å². The number of allylic oxidation sites excluding steroid dienone is 3. The van der Waals surface area contributed by atoms with Crippen molar-refractivity contribution in [2.75, 3.05) is 13.7 Å². The molecule has 1 heterocycles. The minimum Gasteiger partial charge on any atom is -0.497 e. The number of carbonyl (C=O) groups is 1. The maximum Gasteiger partial charge on any atom is 0.254 e. The molecule has 0 aromatic heterocycles. The van der Waals surface area contributed by atoms with Crippen LogP contribution in [0, 0.1) is 10.8 Å². The summed E-state index contributed by atoms with van der Waals surface area (Å²) >= 11 is 0. The third-order valence-corrected chi connectivity index (χ3v) is 7.11. The average Bonchev–Trinajstić information content (AvgIpc) is 2.91. The number of methoxy groups -OCH3 is 1. The fourth-order valence-corrected chi connectivity index (χ4v) is 4.40. The van der Waals surface area contributed by atoms with E-state index in [2.05, 4.69) is 52.6 Å². The van der Waals surface area contributed by atoms with Crippen molar-refractivity contribution in [2.24, 2.45) is 10.8 Å². The molecule has 216 valence electrons. The monoisotopic (exact) mass is 529 g/mol. The van der Waals surface area contributed by atoms with Gasteiger partial charge in [-0.15, -0.1) is 0 Å². The van der Waals surface area contributed by atoms with E-state index in [1.807, 2.05) is 58.9 Å². The quantitative estimate of drug-likeness (QED) is 0.384. The molecule has 5 nitrogen and oxygen atoms in total. The molecule has 0 aliphatic carbocycles. The number of fused-ring (bicyclic) bond motifs is 2. The smallest absolute Gasteiger partial charge is 0.254 e. The molecule has 0 radical (unpaired) electrons. The molecule has 2 bridgehead atoms. The van der Waals surface area contributed by atoms with E-state index >= 15 is 0 Å². The summed E-state index contributed by atoms with van der Waals surface area (Å²) in [4.78, 5) is 13.6. The average molecular weight is 530 g/mol. The van der Waals surface area contributed by atoms with Gasteiger partial charge in [0.25, 0.3) is 5.91 Å². The van der Waals surface area contributed by atoms with E-state index in [1.165, 1.54) is 0 Å². The standard InChI is InChI=1S/C29H43NO4.2C2H6/c1-9-13-25-24(11-3)30-27(31)26(29(6,7)28(4,5)15-10-2)33-16-12-14-21-17-22(20-34-25)19-23(18-21)32-8;2*1-2/h9,11,13,17-19,26H,3,10,12,14-16,20H2,1-2,4-8H3,(H,30,31);2*1-2H3/b13-9-,25-24-;;. The molecule has 1 aliphatic heterocycles. The lowest BCUT2D eigenvalue weighted by molar-refractivity contribution is -0.149. The largest absolute Gasteiger partial charge is 0.497 e. The Hall–Kier alpha value is -2.53. The van der Waals surface area contributed by atoms with Crippen LogP contribution in [0.25, 0.3) is 0 Å². The number of amides is 1. The summed E-state index contributed by atoms with van der Waals surface area (Å²) in [5.41, 5.74) is 2.19. The fraction of sp³-hybridized carbons (Fsp3) is 0.606. The van der Waals surface area contributed by atoms with Crippen molar-refractivity contribution < 1.29 is 19.0 Å². The van der Waals surface area contributed by atoms with Crippen LogP contribution in [0.4, 0.5) is 0 Å². The molecule has 0 saturated carbocycles. The van der Waals surface area contributed by atoms with Crippen molar-refractivity contribution in [3.63, 3.8) is 0 Å². The predicted octanol–water partition coefficient (Wildman–Crippen LogP) is 8.54. The summed E-state index contributed by atoms with van der Waals surface area (Å²) in [6.45, 7) is 25.5. The molecule has 1 N–H and O–H groups in total. The fourth-order valence-electron chi connectivity index (χ4n) is 4.40. The van der Waals surface area contributed by atoms with Crippen molar-refractivity contribution in [1.82, 2.24) is 5.32 Å². The lowest BCUT2D eigenvalue weighted by atomic mass is 9.62.